The Hall–Kier alpha value is -1.20. The van der Waals surface area contributed by atoms with Crippen molar-refractivity contribution < 1.29 is 4.79 Å². The maximum atomic E-state index is 12.1. The quantitative estimate of drug-likeness (QED) is 0.829. The molecule has 2 N–H and O–H groups in total. The van der Waals surface area contributed by atoms with Crippen molar-refractivity contribution in [3.05, 3.63) is 29.8 Å². The highest BCUT2D eigenvalue weighted by Gasteiger charge is 2.19. The molecule has 1 heterocycles. The second-order valence-corrected chi connectivity index (χ2v) is 8.73. The number of anilines is 1. The summed E-state index contributed by atoms with van der Waals surface area (Å²) in [5, 5.41) is 6.27. The molecule has 0 aromatic heterocycles. The first kappa shape index (κ1) is 19.1. The summed E-state index contributed by atoms with van der Waals surface area (Å²) in [6, 6.07) is 8.22. The van der Waals surface area contributed by atoms with Crippen LogP contribution >= 0.6 is 11.8 Å². The number of nitrogens with one attached hydrogen (secondary N) is 2. The fourth-order valence-corrected chi connectivity index (χ4v) is 3.65. The van der Waals surface area contributed by atoms with Gasteiger partial charge in [-0.1, -0.05) is 12.1 Å². The molecule has 0 radical (unpaired) electrons. The Bertz CT molecular complexity index is 518. The number of nitrogens with zero attached hydrogens (tertiary/aromatic N) is 1. The smallest absolute Gasteiger partial charge is 0.242 e. The van der Waals surface area contributed by atoms with Gasteiger partial charge in [0.2, 0.25) is 5.91 Å². The van der Waals surface area contributed by atoms with Crippen LogP contribution in [0.15, 0.2) is 24.3 Å². The SMILES string of the molecule is C[C@H](Nc1ccc(CCN2CCSCC2)cc1)C(=O)NC(C)(C)C. The zero-order valence-corrected chi connectivity index (χ0v) is 16.2. The minimum Gasteiger partial charge on any atom is -0.374 e. The van der Waals surface area contributed by atoms with Crippen LogP contribution in [-0.4, -0.2) is 53.5 Å². The normalized spacial score (nSPS) is 17.3. The van der Waals surface area contributed by atoms with E-state index in [4.69, 9.17) is 0 Å². The summed E-state index contributed by atoms with van der Waals surface area (Å²) >= 11 is 2.05. The number of rotatable bonds is 6. The molecular formula is C19H31N3OS. The van der Waals surface area contributed by atoms with Gasteiger partial charge < -0.3 is 15.5 Å². The van der Waals surface area contributed by atoms with Crippen LogP contribution in [0.4, 0.5) is 5.69 Å². The van der Waals surface area contributed by atoms with Crippen LogP contribution in [0.25, 0.3) is 0 Å². The molecule has 1 saturated heterocycles. The van der Waals surface area contributed by atoms with Crippen molar-refractivity contribution in [2.45, 2.75) is 45.7 Å². The number of benzene rings is 1. The Balaban J connectivity index is 1.79. The maximum absolute atomic E-state index is 12.1. The molecule has 134 valence electrons. The summed E-state index contributed by atoms with van der Waals surface area (Å²) < 4.78 is 0. The van der Waals surface area contributed by atoms with E-state index in [2.05, 4.69) is 51.6 Å². The molecular weight excluding hydrogens is 318 g/mol. The topological polar surface area (TPSA) is 44.4 Å². The van der Waals surface area contributed by atoms with Gasteiger partial charge in [0.25, 0.3) is 0 Å². The molecule has 1 amide bonds. The third-order valence-corrected chi connectivity index (χ3v) is 4.99. The summed E-state index contributed by atoms with van der Waals surface area (Å²) in [5.41, 5.74) is 2.14. The second-order valence-electron chi connectivity index (χ2n) is 7.51. The Morgan fingerprint density at radius 2 is 1.83 bits per heavy atom. The summed E-state index contributed by atoms with van der Waals surface area (Å²) in [6.45, 7) is 11.4. The lowest BCUT2D eigenvalue weighted by molar-refractivity contribution is -0.122. The van der Waals surface area contributed by atoms with E-state index < -0.39 is 0 Å². The fraction of sp³-hybridized carbons (Fsp3) is 0.632. The van der Waals surface area contributed by atoms with Gasteiger partial charge in [-0.25, -0.2) is 0 Å². The van der Waals surface area contributed by atoms with Crippen LogP contribution in [0, 0.1) is 0 Å². The van der Waals surface area contributed by atoms with E-state index in [-0.39, 0.29) is 17.5 Å². The molecule has 0 spiro atoms. The molecule has 1 atom stereocenters. The van der Waals surface area contributed by atoms with Crippen LogP contribution in [0.2, 0.25) is 0 Å². The number of amides is 1. The van der Waals surface area contributed by atoms with Gasteiger partial charge in [-0.3, -0.25) is 4.79 Å². The molecule has 0 bridgehead atoms. The fourth-order valence-electron chi connectivity index (χ4n) is 2.67. The minimum atomic E-state index is -0.249. The van der Waals surface area contributed by atoms with E-state index >= 15 is 0 Å². The van der Waals surface area contributed by atoms with Crippen LogP contribution in [0.3, 0.4) is 0 Å². The van der Waals surface area contributed by atoms with Crippen molar-refractivity contribution in [1.29, 1.82) is 0 Å². The molecule has 1 aromatic rings. The van der Waals surface area contributed by atoms with E-state index in [9.17, 15) is 4.79 Å². The van der Waals surface area contributed by atoms with E-state index in [1.54, 1.807) is 0 Å². The Morgan fingerprint density at radius 1 is 1.21 bits per heavy atom. The van der Waals surface area contributed by atoms with Crippen molar-refractivity contribution >= 4 is 23.4 Å². The highest BCUT2D eigenvalue weighted by atomic mass is 32.2. The predicted molar refractivity (Wildman–Crippen MR) is 105 cm³/mol. The van der Waals surface area contributed by atoms with Crippen molar-refractivity contribution in [2.75, 3.05) is 36.5 Å². The van der Waals surface area contributed by atoms with E-state index in [1.165, 1.54) is 30.2 Å². The van der Waals surface area contributed by atoms with E-state index in [0.29, 0.717) is 0 Å². The molecule has 1 fully saturated rings. The van der Waals surface area contributed by atoms with Gasteiger partial charge in [0.15, 0.2) is 0 Å². The van der Waals surface area contributed by atoms with Crippen molar-refractivity contribution in [1.82, 2.24) is 10.2 Å². The summed E-state index contributed by atoms with van der Waals surface area (Å²) in [4.78, 5) is 14.7. The monoisotopic (exact) mass is 349 g/mol. The van der Waals surface area contributed by atoms with Gasteiger partial charge in [0, 0.05) is 42.4 Å². The third kappa shape index (κ3) is 6.73. The lowest BCUT2D eigenvalue weighted by Gasteiger charge is -2.26. The molecule has 0 saturated carbocycles. The summed E-state index contributed by atoms with van der Waals surface area (Å²) in [6.07, 6.45) is 1.09. The van der Waals surface area contributed by atoms with Gasteiger partial charge in [-0.05, 0) is 51.8 Å². The van der Waals surface area contributed by atoms with Gasteiger partial charge in [-0.2, -0.15) is 11.8 Å². The predicted octanol–water partition coefficient (Wildman–Crippen LogP) is 2.99. The van der Waals surface area contributed by atoms with Crippen LogP contribution in [0.1, 0.15) is 33.3 Å². The Morgan fingerprint density at radius 3 is 2.42 bits per heavy atom. The largest absolute Gasteiger partial charge is 0.374 e. The van der Waals surface area contributed by atoms with Crippen molar-refractivity contribution in [3.8, 4) is 0 Å². The summed E-state index contributed by atoms with van der Waals surface area (Å²) in [7, 11) is 0. The van der Waals surface area contributed by atoms with Gasteiger partial charge in [0.1, 0.15) is 6.04 Å². The number of carbonyl (C=O) groups excluding carboxylic acids is 1. The molecule has 0 aliphatic carbocycles. The van der Waals surface area contributed by atoms with Crippen molar-refractivity contribution in [2.24, 2.45) is 0 Å². The molecule has 0 unspecified atom stereocenters. The number of hydrogen-bond donors (Lipinski definition) is 2. The lowest BCUT2D eigenvalue weighted by Crippen LogP contribution is -2.47. The minimum absolute atomic E-state index is 0.0227. The average Bonchev–Trinajstić information content (AvgIpc) is 2.53. The third-order valence-electron chi connectivity index (χ3n) is 4.05. The molecule has 24 heavy (non-hydrogen) atoms. The number of carbonyl (C=O) groups is 1. The van der Waals surface area contributed by atoms with Crippen LogP contribution in [-0.2, 0) is 11.2 Å². The Labute approximate surface area is 150 Å². The Kier molecular flexibility index (Phi) is 6.99. The molecule has 1 aliphatic rings. The van der Waals surface area contributed by atoms with Crippen LogP contribution < -0.4 is 10.6 Å². The maximum Gasteiger partial charge on any atom is 0.242 e. The number of thioether (sulfide) groups is 1. The standard InChI is InChI=1S/C19H31N3OS/c1-15(18(23)21-19(2,3)4)20-17-7-5-16(6-8-17)9-10-22-11-13-24-14-12-22/h5-8,15,20H,9-14H2,1-4H3,(H,21,23)/t15-/m0/s1. The molecule has 1 aromatic carbocycles. The van der Waals surface area contributed by atoms with Gasteiger partial charge in [-0.15, -0.1) is 0 Å². The highest BCUT2D eigenvalue weighted by molar-refractivity contribution is 7.99. The van der Waals surface area contributed by atoms with Gasteiger partial charge in [0.05, 0.1) is 0 Å². The summed E-state index contributed by atoms with van der Waals surface area (Å²) in [5.74, 6) is 2.55. The first-order valence-electron chi connectivity index (χ1n) is 8.81. The second kappa shape index (κ2) is 8.77. The zero-order chi connectivity index (χ0) is 17.6. The van der Waals surface area contributed by atoms with E-state index in [1.807, 2.05) is 27.7 Å². The molecule has 4 nitrogen and oxygen atoms in total. The average molecular weight is 350 g/mol. The lowest BCUT2D eigenvalue weighted by atomic mass is 10.1. The molecule has 5 heteroatoms. The highest BCUT2D eigenvalue weighted by Crippen LogP contribution is 2.14. The van der Waals surface area contributed by atoms with E-state index in [0.717, 1.165) is 18.7 Å². The zero-order valence-electron chi connectivity index (χ0n) is 15.4. The van der Waals surface area contributed by atoms with Crippen molar-refractivity contribution in [3.63, 3.8) is 0 Å². The first-order chi connectivity index (χ1) is 11.3. The van der Waals surface area contributed by atoms with Crippen LogP contribution in [0.5, 0.6) is 0 Å². The molecule has 2 rings (SSSR count). The molecule has 1 aliphatic heterocycles. The number of hydrogen-bond acceptors (Lipinski definition) is 4. The first-order valence-corrected chi connectivity index (χ1v) is 9.96. The van der Waals surface area contributed by atoms with Gasteiger partial charge >= 0.3 is 0 Å².